The topological polar surface area (TPSA) is 48.3 Å². The van der Waals surface area contributed by atoms with Gasteiger partial charge in [-0.3, -0.25) is 10.2 Å². The van der Waals surface area contributed by atoms with Crippen molar-refractivity contribution in [3.63, 3.8) is 0 Å². The molecule has 0 saturated carbocycles. The molecule has 2 unspecified atom stereocenters. The molecule has 0 bridgehead atoms. The molecule has 1 heterocycles. The van der Waals surface area contributed by atoms with Gasteiger partial charge in [0, 0.05) is 25.7 Å². The van der Waals surface area contributed by atoms with Crippen molar-refractivity contribution in [1.82, 2.24) is 10.2 Å². The standard InChI is InChI=1S/C13H25N3O/c1-4-15-13(3,11-14)10-12(2)16-6-5-8-17-9-7-16/h12,15H,4-10H2,1-3H3. The van der Waals surface area contributed by atoms with Crippen LogP contribution in [0.1, 0.15) is 33.6 Å². The van der Waals surface area contributed by atoms with Gasteiger partial charge in [-0.15, -0.1) is 0 Å². The second-order valence-electron chi connectivity index (χ2n) is 5.03. The summed E-state index contributed by atoms with van der Waals surface area (Å²) >= 11 is 0. The Morgan fingerprint density at radius 2 is 2.24 bits per heavy atom. The quantitative estimate of drug-likeness (QED) is 0.787. The highest BCUT2D eigenvalue weighted by molar-refractivity contribution is 5.05. The van der Waals surface area contributed by atoms with Crippen LogP contribution in [0.2, 0.25) is 0 Å². The molecule has 0 amide bonds. The van der Waals surface area contributed by atoms with E-state index in [-0.39, 0.29) is 0 Å². The van der Waals surface area contributed by atoms with Gasteiger partial charge in [0.15, 0.2) is 0 Å². The van der Waals surface area contributed by atoms with Crippen molar-refractivity contribution < 1.29 is 4.74 Å². The highest BCUT2D eigenvalue weighted by Gasteiger charge is 2.28. The van der Waals surface area contributed by atoms with E-state index in [9.17, 15) is 5.26 Å². The lowest BCUT2D eigenvalue weighted by Gasteiger charge is -2.33. The summed E-state index contributed by atoms with van der Waals surface area (Å²) < 4.78 is 5.46. The molecule has 1 rings (SSSR count). The van der Waals surface area contributed by atoms with Crippen molar-refractivity contribution in [3.05, 3.63) is 0 Å². The average Bonchev–Trinajstić information content (AvgIpc) is 2.57. The molecule has 4 heteroatoms. The summed E-state index contributed by atoms with van der Waals surface area (Å²) in [4.78, 5) is 2.43. The molecule has 1 aliphatic heterocycles. The van der Waals surface area contributed by atoms with E-state index >= 15 is 0 Å². The summed E-state index contributed by atoms with van der Waals surface area (Å²) in [6.07, 6.45) is 1.95. The van der Waals surface area contributed by atoms with Crippen LogP contribution in [0.25, 0.3) is 0 Å². The van der Waals surface area contributed by atoms with Crippen LogP contribution < -0.4 is 5.32 Å². The van der Waals surface area contributed by atoms with Gasteiger partial charge < -0.3 is 4.74 Å². The van der Waals surface area contributed by atoms with Crippen LogP contribution in [-0.2, 0) is 4.74 Å². The molecule has 0 aromatic carbocycles. The molecule has 1 N–H and O–H groups in total. The predicted octanol–water partition coefficient (Wildman–Crippen LogP) is 1.38. The van der Waals surface area contributed by atoms with Gasteiger partial charge in [0.1, 0.15) is 5.54 Å². The van der Waals surface area contributed by atoms with E-state index in [1.807, 2.05) is 13.8 Å². The van der Waals surface area contributed by atoms with Crippen molar-refractivity contribution in [3.8, 4) is 6.07 Å². The summed E-state index contributed by atoms with van der Waals surface area (Å²) in [6, 6.07) is 2.81. The van der Waals surface area contributed by atoms with E-state index in [1.165, 1.54) is 0 Å². The fourth-order valence-corrected chi connectivity index (χ4v) is 2.47. The summed E-state index contributed by atoms with van der Waals surface area (Å²) in [7, 11) is 0. The molecule has 1 fully saturated rings. The highest BCUT2D eigenvalue weighted by atomic mass is 16.5. The number of rotatable bonds is 5. The lowest BCUT2D eigenvalue weighted by atomic mass is 9.94. The molecule has 4 nitrogen and oxygen atoms in total. The third-order valence-corrected chi connectivity index (χ3v) is 3.40. The van der Waals surface area contributed by atoms with E-state index in [0.29, 0.717) is 6.04 Å². The van der Waals surface area contributed by atoms with Crippen molar-refractivity contribution in [2.45, 2.75) is 45.2 Å². The van der Waals surface area contributed by atoms with E-state index in [4.69, 9.17) is 4.74 Å². The van der Waals surface area contributed by atoms with E-state index in [2.05, 4.69) is 23.2 Å². The minimum absolute atomic E-state index is 0.415. The number of nitriles is 1. The van der Waals surface area contributed by atoms with Gasteiger partial charge in [-0.05, 0) is 33.2 Å². The van der Waals surface area contributed by atoms with Crippen molar-refractivity contribution in [2.24, 2.45) is 0 Å². The number of nitrogens with zero attached hydrogens (tertiary/aromatic N) is 2. The molecule has 0 spiro atoms. The molecule has 0 aromatic rings. The predicted molar refractivity (Wildman–Crippen MR) is 68.8 cm³/mol. The molecular formula is C13H25N3O. The van der Waals surface area contributed by atoms with Crippen LogP contribution in [0.4, 0.5) is 0 Å². The molecule has 2 atom stereocenters. The monoisotopic (exact) mass is 239 g/mol. The summed E-state index contributed by atoms with van der Waals surface area (Å²) in [5.74, 6) is 0. The van der Waals surface area contributed by atoms with Crippen LogP contribution in [0, 0.1) is 11.3 Å². The minimum Gasteiger partial charge on any atom is -0.380 e. The number of ether oxygens (including phenoxy) is 1. The van der Waals surface area contributed by atoms with Gasteiger partial charge >= 0.3 is 0 Å². The lowest BCUT2D eigenvalue weighted by Crippen LogP contribution is -2.47. The van der Waals surface area contributed by atoms with Crippen molar-refractivity contribution in [1.29, 1.82) is 5.26 Å². The molecular weight excluding hydrogens is 214 g/mol. The van der Waals surface area contributed by atoms with Gasteiger partial charge in [-0.1, -0.05) is 6.92 Å². The smallest absolute Gasteiger partial charge is 0.105 e. The Balaban J connectivity index is 2.51. The molecule has 1 aliphatic rings. The Labute approximate surface area is 105 Å². The van der Waals surface area contributed by atoms with E-state index < -0.39 is 5.54 Å². The van der Waals surface area contributed by atoms with Gasteiger partial charge in [-0.2, -0.15) is 5.26 Å². The zero-order valence-corrected chi connectivity index (χ0v) is 11.3. The molecule has 0 radical (unpaired) electrons. The maximum Gasteiger partial charge on any atom is 0.105 e. The SMILES string of the molecule is CCNC(C)(C#N)CC(C)N1CCCOCC1. The maximum atomic E-state index is 9.26. The summed E-state index contributed by atoms with van der Waals surface area (Å²) in [5.41, 5.74) is -0.415. The van der Waals surface area contributed by atoms with Crippen LogP contribution in [0.3, 0.4) is 0 Å². The Morgan fingerprint density at radius 3 is 2.88 bits per heavy atom. The van der Waals surface area contributed by atoms with Crippen molar-refractivity contribution >= 4 is 0 Å². The summed E-state index contributed by atoms with van der Waals surface area (Å²) in [5, 5.41) is 12.5. The molecule has 17 heavy (non-hydrogen) atoms. The van der Waals surface area contributed by atoms with Crippen molar-refractivity contribution in [2.75, 3.05) is 32.8 Å². The zero-order chi connectivity index (χ0) is 12.7. The normalized spacial score (nSPS) is 23.4. The van der Waals surface area contributed by atoms with E-state index in [0.717, 1.165) is 45.7 Å². The number of hydrogen-bond acceptors (Lipinski definition) is 4. The van der Waals surface area contributed by atoms with Gasteiger partial charge in [-0.25, -0.2) is 0 Å². The number of hydrogen-bond donors (Lipinski definition) is 1. The van der Waals surface area contributed by atoms with Crippen LogP contribution >= 0.6 is 0 Å². The first-order valence-corrected chi connectivity index (χ1v) is 6.59. The first kappa shape index (κ1) is 14.4. The largest absolute Gasteiger partial charge is 0.380 e. The third-order valence-electron chi connectivity index (χ3n) is 3.40. The first-order valence-electron chi connectivity index (χ1n) is 6.59. The third kappa shape index (κ3) is 4.63. The second kappa shape index (κ2) is 6.95. The fraction of sp³-hybridized carbons (Fsp3) is 0.923. The Bertz CT molecular complexity index is 256. The summed E-state index contributed by atoms with van der Waals surface area (Å²) in [6.45, 7) is 10.8. The van der Waals surface area contributed by atoms with Crippen LogP contribution in [0.5, 0.6) is 0 Å². The molecule has 0 aliphatic carbocycles. The van der Waals surface area contributed by atoms with Crippen LogP contribution in [0.15, 0.2) is 0 Å². The maximum absolute atomic E-state index is 9.26. The first-order chi connectivity index (χ1) is 8.11. The van der Waals surface area contributed by atoms with Crippen LogP contribution in [-0.4, -0.2) is 49.3 Å². The molecule has 98 valence electrons. The fourth-order valence-electron chi connectivity index (χ4n) is 2.47. The second-order valence-corrected chi connectivity index (χ2v) is 5.03. The molecule has 1 saturated heterocycles. The number of nitrogens with one attached hydrogen (secondary N) is 1. The Morgan fingerprint density at radius 1 is 1.47 bits per heavy atom. The van der Waals surface area contributed by atoms with Gasteiger partial charge in [0.2, 0.25) is 0 Å². The average molecular weight is 239 g/mol. The highest BCUT2D eigenvalue weighted by Crippen LogP contribution is 2.16. The van der Waals surface area contributed by atoms with Gasteiger partial charge in [0.25, 0.3) is 0 Å². The van der Waals surface area contributed by atoms with Gasteiger partial charge in [0.05, 0.1) is 12.7 Å². The Kier molecular flexibility index (Phi) is 5.90. The zero-order valence-electron chi connectivity index (χ0n) is 11.3. The lowest BCUT2D eigenvalue weighted by molar-refractivity contribution is 0.128. The molecule has 0 aromatic heterocycles. The minimum atomic E-state index is -0.415. The Hall–Kier alpha value is -0.630. The van der Waals surface area contributed by atoms with E-state index in [1.54, 1.807) is 0 Å².